The number of carbonyl (C=O) groups is 2. The van der Waals surface area contributed by atoms with Gasteiger partial charge in [-0.1, -0.05) is 23.4 Å². The minimum atomic E-state index is -0.505. The van der Waals surface area contributed by atoms with E-state index >= 15 is 0 Å². The molecule has 1 aliphatic carbocycles. The molecule has 31 heavy (non-hydrogen) atoms. The summed E-state index contributed by atoms with van der Waals surface area (Å²) in [7, 11) is 0. The molecule has 1 amide bonds. The molecular formula is C23H25N3O5. The quantitative estimate of drug-likeness (QED) is 0.552. The number of benzene rings is 1. The number of amides is 1. The van der Waals surface area contributed by atoms with E-state index in [-0.39, 0.29) is 31.4 Å². The zero-order valence-corrected chi connectivity index (χ0v) is 17.4. The highest BCUT2D eigenvalue weighted by Gasteiger charge is 2.16. The number of hydrogen-bond acceptors (Lipinski definition) is 7. The van der Waals surface area contributed by atoms with Crippen molar-refractivity contribution in [1.29, 1.82) is 0 Å². The van der Waals surface area contributed by atoms with Gasteiger partial charge in [0.05, 0.1) is 18.7 Å². The molecule has 8 heteroatoms. The number of aromatic nitrogens is 2. The molecule has 0 bridgehead atoms. The third-order valence-corrected chi connectivity index (χ3v) is 5.37. The topological polar surface area (TPSA) is 107 Å². The molecule has 1 atom stereocenters. The highest BCUT2D eigenvalue weighted by atomic mass is 16.5. The van der Waals surface area contributed by atoms with E-state index in [4.69, 9.17) is 13.7 Å². The van der Waals surface area contributed by atoms with E-state index in [9.17, 15) is 9.59 Å². The Bertz CT molecular complexity index is 1040. The van der Waals surface area contributed by atoms with Gasteiger partial charge in [-0.25, -0.2) is 0 Å². The fourth-order valence-electron chi connectivity index (χ4n) is 3.68. The van der Waals surface area contributed by atoms with Crippen molar-refractivity contribution in [2.75, 3.05) is 6.61 Å². The summed E-state index contributed by atoms with van der Waals surface area (Å²) in [5.74, 6) is 0.269. The summed E-state index contributed by atoms with van der Waals surface area (Å²) in [5.41, 5.74) is 3.83. The number of ether oxygens (including phenoxy) is 1. The van der Waals surface area contributed by atoms with Gasteiger partial charge in [-0.2, -0.15) is 4.98 Å². The predicted octanol–water partition coefficient (Wildman–Crippen LogP) is 3.56. The molecule has 8 nitrogen and oxygen atoms in total. The Morgan fingerprint density at radius 3 is 2.84 bits per heavy atom. The predicted molar refractivity (Wildman–Crippen MR) is 111 cm³/mol. The van der Waals surface area contributed by atoms with Crippen molar-refractivity contribution < 1.29 is 23.3 Å². The molecule has 2 heterocycles. The van der Waals surface area contributed by atoms with Gasteiger partial charge in [0.1, 0.15) is 0 Å². The summed E-state index contributed by atoms with van der Waals surface area (Å²) < 4.78 is 15.4. The van der Waals surface area contributed by atoms with Crippen molar-refractivity contribution in [3.05, 3.63) is 59.2 Å². The van der Waals surface area contributed by atoms with Gasteiger partial charge < -0.3 is 19.0 Å². The first-order valence-corrected chi connectivity index (χ1v) is 10.5. The summed E-state index contributed by atoms with van der Waals surface area (Å²) in [4.78, 5) is 28.3. The van der Waals surface area contributed by atoms with E-state index in [2.05, 4.69) is 33.7 Å². The monoisotopic (exact) mass is 423 g/mol. The lowest BCUT2D eigenvalue weighted by Crippen LogP contribution is -2.31. The number of aryl methyl sites for hydroxylation is 3. The number of nitrogens with one attached hydrogen (secondary N) is 1. The number of carbonyl (C=O) groups excluding carboxylic acids is 2. The summed E-state index contributed by atoms with van der Waals surface area (Å²) in [5, 5.41) is 6.69. The molecule has 0 radical (unpaired) electrons. The molecule has 1 aliphatic rings. The van der Waals surface area contributed by atoms with Gasteiger partial charge >= 0.3 is 5.97 Å². The summed E-state index contributed by atoms with van der Waals surface area (Å²) >= 11 is 0. The number of nitrogens with zero attached hydrogens (tertiary/aromatic N) is 2. The Kier molecular flexibility index (Phi) is 6.45. The zero-order valence-electron chi connectivity index (χ0n) is 17.4. The molecule has 0 spiro atoms. The van der Waals surface area contributed by atoms with E-state index in [1.54, 1.807) is 12.1 Å². The van der Waals surface area contributed by atoms with Crippen molar-refractivity contribution in [2.24, 2.45) is 0 Å². The minimum absolute atomic E-state index is 0.0352. The van der Waals surface area contributed by atoms with Crippen LogP contribution < -0.4 is 5.32 Å². The molecule has 0 aliphatic heterocycles. The maximum atomic E-state index is 12.2. The molecule has 1 aromatic carbocycles. The molecule has 1 N–H and O–H groups in total. The van der Waals surface area contributed by atoms with Crippen LogP contribution >= 0.6 is 0 Å². The number of esters is 1. The average Bonchev–Trinajstić information content (AvgIpc) is 3.48. The number of hydrogen-bond donors (Lipinski definition) is 1. The first-order chi connectivity index (χ1) is 15.1. The van der Waals surface area contributed by atoms with Gasteiger partial charge in [0.15, 0.2) is 12.4 Å². The van der Waals surface area contributed by atoms with Crippen molar-refractivity contribution in [3.8, 4) is 11.6 Å². The lowest BCUT2D eigenvalue weighted by Gasteiger charge is -2.20. The van der Waals surface area contributed by atoms with Crippen molar-refractivity contribution >= 4 is 11.9 Å². The Morgan fingerprint density at radius 2 is 2.03 bits per heavy atom. The maximum Gasteiger partial charge on any atom is 0.306 e. The van der Waals surface area contributed by atoms with Crippen LogP contribution in [0.3, 0.4) is 0 Å². The van der Waals surface area contributed by atoms with Crippen molar-refractivity contribution in [3.63, 3.8) is 0 Å². The largest absolute Gasteiger partial charge is 0.461 e. The SMILES string of the molecule is CC(NC(=O)COC(=O)CCc1nc(-c2ccco2)no1)c1ccc2c(c1)CCCC2. The standard InChI is InChI=1S/C23H25N3O5/c1-15(17-9-8-16-5-2-3-6-18(16)13-17)24-20(27)14-30-22(28)11-10-21-25-23(26-31-21)19-7-4-12-29-19/h4,7-9,12-13,15H,2-3,5-6,10-11,14H2,1H3,(H,24,27). The molecule has 1 unspecified atom stereocenters. The molecule has 0 saturated heterocycles. The van der Waals surface area contributed by atoms with Crippen LogP contribution in [0.5, 0.6) is 0 Å². The zero-order chi connectivity index (χ0) is 21.6. The second-order valence-corrected chi connectivity index (χ2v) is 7.67. The highest BCUT2D eigenvalue weighted by Crippen LogP contribution is 2.24. The number of fused-ring (bicyclic) bond motifs is 1. The van der Waals surface area contributed by atoms with Crippen molar-refractivity contribution in [1.82, 2.24) is 15.5 Å². The van der Waals surface area contributed by atoms with Crippen LogP contribution in [0.15, 0.2) is 45.5 Å². The number of furan rings is 1. The Morgan fingerprint density at radius 1 is 1.19 bits per heavy atom. The second-order valence-electron chi connectivity index (χ2n) is 7.67. The van der Waals surface area contributed by atoms with E-state index in [1.165, 1.54) is 30.2 Å². The van der Waals surface area contributed by atoms with Gasteiger partial charge in [-0.15, -0.1) is 0 Å². The average molecular weight is 423 g/mol. The van der Waals surface area contributed by atoms with Crippen LogP contribution in [0.1, 0.15) is 54.8 Å². The summed E-state index contributed by atoms with van der Waals surface area (Å²) in [6.45, 7) is 1.60. The summed E-state index contributed by atoms with van der Waals surface area (Å²) in [6.07, 6.45) is 6.43. The van der Waals surface area contributed by atoms with Gasteiger partial charge in [0.25, 0.3) is 5.91 Å². The van der Waals surface area contributed by atoms with Gasteiger partial charge in [-0.3, -0.25) is 9.59 Å². The molecule has 0 fully saturated rings. The normalized spacial score (nSPS) is 14.0. The lowest BCUT2D eigenvalue weighted by molar-refractivity contribution is -0.148. The molecule has 0 saturated carbocycles. The van der Waals surface area contributed by atoms with Crippen LogP contribution in [-0.2, 0) is 33.6 Å². The van der Waals surface area contributed by atoms with Crippen LogP contribution in [0, 0.1) is 0 Å². The number of rotatable bonds is 8. The fraction of sp³-hybridized carbons (Fsp3) is 0.391. The molecule has 2 aromatic heterocycles. The molecule has 4 rings (SSSR count). The van der Waals surface area contributed by atoms with Crippen LogP contribution in [-0.4, -0.2) is 28.6 Å². The smallest absolute Gasteiger partial charge is 0.306 e. The maximum absolute atomic E-state index is 12.2. The highest BCUT2D eigenvalue weighted by molar-refractivity contribution is 5.80. The third-order valence-electron chi connectivity index (χ3n) is 5.37. The third kappa shape index (κ3) is 5.39. The van der Waals surface area contributed by atoms with E-state index in [0.717, 1.165) is 18.4 Å². The van der Waals surface area contributed by atoms with Gasteiger partial charge in [-0.05, 0) is 61.4 Å². The van der Waals surface area contributed by atoms with Crippen molar-refractivity contribution in [2.45, 2.75) is 51.5 Å². The molecule has 162 valence electrons. The van der Waals surface area contributed by atoms with E-state index < -0.39 is 5.97 Å². The molecule has 3 aromatic rings. The Hall–Kier alpha value is -3.42. The van der Waals surface area contributed by atoms with Gasteiger partial charge in [0, 0.05) is 6.42 Å². The van der Waals surface area contributed by atoms with Gasteiger partial charge in [0.2, 0.25) is 11.7 Å². The van der Waals surface area contributed by atoms with Crippen LogP contribution in [0.25, 0.3) is 11.6 Å². The first kappa shape index (κ1) is 20.8. The Balaban J connectivity index is 1.20. The Labute approximate surface area is 180 Å². The minimum Gasteiger partial charge on any atom is -0.461 e. The fourth-order valence-corrected chi connectivity index (χ4v) is 3.68. The lowest BCUT2D eigenvalue weighted by atomic mass is 9.89. The first-order valence-electron chi connectivity index (χ1n) is 10.5. The van der Waals surface area contributed by atoms with Crippen LogP contribution in [0.2, 0.25) is 0 Å². The molecular weight excluding hydrogens is 398 g/mol. The second kappa shape index (κ2) is 9.59. The summed E-state index contributed by atoms with van der Waals surface area (Å²) in [6, 6.07) is 9.67. The van der Waals surface area contributed by atoms with Crippen LogP contribution in [0.4, 0.5) is 0 Å². The van der Waals surface area contributed by atoms with E-state index in [1.807, 2.05) is 6.92 Å². The van der Waals surface area contributed by atoms with E-state index in [0.29, 0.717) is 17.5 Å².